The summed E-state index contributed by atoms with van der Waals surface area (Å²) in [7, 11) is 0. The number of nitrogen functional groups attached to an aromatic ring is 1. The Labute approximate surface area is 88.7 Å². The van der Waals surface area contributed by atoms with Crippen LogP contribution in [0.3, 0.4) is 0 Å². The lowest BCUT2D eigenvalue weighted by molar-refractivity contribution is -0.385. The Morgan fingerprint density at radius 2 is 2.29 bits per heavy atom. The van der Waals surface area contributed by atoms with Crippen molar-refractivity contribution >= 4 is 33.5 Å². The van der Waals surface area contributed by atoms with Crippen LogP contribution in [0.2, 0.25) is 0 Å². The molecule has 0 unspecified atom stereocenters. The zero-order valence-electron chi connectivity index (χ0n) is 7.37. The zero-order valence-corrected chi connectivity index (χ0v) is 8.96. The molecular formula is C8H8BrN3O2. The molecule has 0 spiro atoms. The highest BCUT2D eigenvalue weighted by Crippen LogP contribution is 2.32. The predicted octanol–water partition coefficient (Wildman–Crippen LogP) is 2.25. The van der Waals surface area contributed by atoms with Crippen molar-refractivity contribution in [1.29, 1.82) is 5.41 Å². The molecule has 0 aromatic heterocycles. The highest BCUT2D eigenvalue weighted by molar-refractivity contribution is 9.10. The van der Waals surface area contributed by atoms with E-state index in [1.165, 1.54) is 0 Å². The van der Waals surface area contributed by atoms with Crippen molar-refractivity contribution in [2.24, 2.45) is 0 Å². The first-order valence-corrected chi connectivity index (χ1v) is 4.51. The summed E-state index contributed by atoms with van der Waals surface area (Å²) in [5.74, 6) is 0. The lowest BCUT2D eigenvalue weighted by atomic mass is 10.1. The van der Waals surface area contributed by atoms with Crippen molar-refractivity contribution in [2.75, 3.05) is 5.73 Å². The smallest absolute Gasteiger partial charge is 0.284 e. The average Bonchev–Trinajstić information content (AvgIpc) is 2.10. The summed E-state index contributed by atoms with van der Waals surface area (Å²) in [6.07, 6.45) is 0.896. The molecule has 0 saturated heterocycles. The van der Waals surface area contributed by atoms with Crippen LogP contribution in [0, 0.1) is 22.4 Å². The first-order valence-electron chi connectivity index (χ1n) is 3.72. The number of nitrogens with zero attached hydrogens (tertiary/aromatic N) is 1. The van der Waals surface area contributed by atoms with Gasteiger partial charge < -0.3 is 11.1 Å². The van der Waals surface area contributed by atoms with Crippen LogP contribution in [0.4, 0.5) is 11.4 Å². The Bertz CT molecular complexity index is 418. The van der Waals surface area contributed by atoms with E-state index in [2.05, 4.69) is 15.9 Å². The Hall–Kier alpha value is -1.43. The van der Waals surface area contributed by atoms with Gasteiger partial charge in [0.2, 0.25) is 0 Å². The summed E-state index contributed by atoms with van der Waals surface area (Å²) < 4.78 is 0.576. The van der Waals surface area contributed by atoms with Crippen LogP contribution in [0.1, 0.15) is 11.1 Å². The van der Waals surface area contributed by atoms with E-state index in [0.29, 0.717) is 10.0 Å². The van der Waals surface area contributed by atoms with Crippen molar-refractivity contribution in [3.05, 3.63) is 31.8 Å². The number of nitro groups is 1. The number of benzene rings is 1. The summed E-state index contributed by atoms with van der Waals surface area (Å²) in [5, 5.41) is 17.8. The van der Waals surface area contributed by atoms with Gasteiger partial charge in [-0.15, -0.1) is 0 Å². The van der Waals surface area contributed by atoms with E-state index in [9.17, 15) is 10.1 Å². The van der Waals surface area contributed by atoms with Crippen LogP contribution in [0.15, 0.2) is 10.5 Å². The van der Waals surface area contributed by atoms with Gasteiger partial charge in [-0.2, -0.15) is 0 Å². The first-order chi connectivity index (χ1) is 6.49. The Morgan fingerprint density at radius 3 is 2.71 bits per heavy atom. The van der Waals surface area contributed by atoms with E-state index in [-0.39, 0.29) is 16.9 Å². The van der Waals surface area contributed by atoms with Crippen LogP contribution >= 0.6 is 15.9 Å². The molecule has 0 heterocycles. The van der Waals surface area contributed by atoms with Gasteiger partial charge in [-0.05, 0) is 13.0 Å². The molecule has 1 aromatic rings. The van der Waals surface area contributed by atoms with Crippen LogP contribution in [0.25, 0.3) is 0 Å². The molecule has 1 rings (SSSR count). The number of halogens is 1. The Morgan fingerprint density at radius 1 is 1.71 bits per heavy atom. The van der Waals surface area contributed by atoms with Gasteiger partial charge >= 0.3 is 0 Å². The second-order valence-corrected chi connectivity index (χ2v) is 3.59. The molecule has 0 radical (unpaired) electrons. The van der Waals surface area contributed by atoms with E-state index >= 15 is 0 Å². The maximum Gasteiger partial charge on any atom is 0.284 e. The molecule has 0 bridgehead atoms. The van der Waals surface area contributed by atoms with E-state index in [1.807, 2.05) is 0 Å². The topological polar surface area (TPSA) is 93.0 Å². The number of nitrogens with two attached hydrogens (primary N) is 1. The minimum atomic E-state index is -0.531. The maximum absolute atomic E-state index is 10.7. The van der Waals surface area contributed by atoms with E-state index in [0.717, 1.165) is 6.21 Å². The van der Waals surface area contributed by atoms with E-state index in [1.54, 1.807) is 13.0 Å². The number of nitrogens with one attached hydrogen (secondary N) is 1. The van der Waals surface area contributed by atoms with Crippen molar-refractivity contribution in [3.63, 3.8) is 0 Å². The fourth-order valence-corrected chi connectivity index (χ4v) is 1.60. The molecule has 0 aliphatic carbocycles. The summed E-state index contributed by atoms with van der Waals surface area (Å²) in [6, 6.07) is 1.56. The molecule has 3 N–H and O–H groups in total. The minimum Gasteiger partial charge on any atom is -0.398 e. The molecular weight excluding hydrogens is 250 g/mol. The fraction of sp³-hybridized carbons (Fsp3) is 0.125. The molecule has 74 valence electrons. The SMILES string of the molecule is Cc1c(Br)cc(N)c(C=N)c1[N+](=O)[O-]. The van der Waals surface area contributed by atoms with Gasteiger partial charge in [0, 0.05) is 21.9 Å². The third kappa shape index (κ3) is 1.60. The summed E-state index contributed by atoms with van der Waals surface area (Å²) >= 11 is 3.17. The van der Waals surface area contributed by atoms with Gasteiger partial charge in [-0.1, -0.05) is 15.9 Å². The standard InChI is InChI=1S/C8H8BrN3O2/c1-4-6(9)2-7(11)5(3-10)8(4)12(13)14/h2-3,10H,11H2,1H3. The summed E-state index contributed by atoms with van der Waals surface area (Å²) in [4.78, 5) is 10.2. The fourth-order valence-electron chi connectivity index (χ4n) is 1.16. The number of hydrogen-bond donors (Lipinski definition) is 2. The molecule has 0 atom stereocenters. The summed E-state index contributed by atoms with van der Waals surface area (Å²) in [5.41, 5.74) is 6.28. The summed E-state index contributed by atoms with van der Waals surface area (Å²) in [6.45, 7) is 1.61. The zero-order chi connectivity index (χ0) is 10.9. The number of rotatable bonds is 2. The van der Waals surface area contributed by atoms with Crippen LogP contribution in [0.5, 0.6) is 0 Å². The lowest BCUT2D eigenvalue weighted by Crippen LogP contribution is -2.02. The third-order valence-electron chi connectivity index (χ3n) is 1.89. The molecule has 0 aliphatic heterocycles. The molecule has 5 nitrogen and oxygen atoms in total. The second-order valence-electron chi connectivity index (χ2n) is 2.74. The lowest BCUT2D eigenvalue weighted by Gasteiger charge is -2.06. The minimum absolute atomic E-state index is 0.119. The highest BCUT2D eigenvalue weighted by Gasteiger charge is 2.20. The van der Waals surface area contributed by atoms with Crippen LogP contribution < -0.4 is 5.73 Å². The van der Waals surface area contributed by atoms with Gasteiger partial charge in [0.15, 0.2) is 0 Å². The maximum atomic E-state index is 10.7. The number of hydrogen-bond acceptors (Lipinski definition) is 4. The molecule has 0 saturated carbocycles. The number of anilines is 1. The molecule has 1 aromatic carbocycles. The number of nitro benzene ring substituents is 1. The second kappa shape index (κ2) is 3.75. The molecule has 6 heteroatoms. The van der Waals surface area contributed by atoms with Gasteiger partial charge in [-0.3, -0.25) is 10.1 Å². The van der Waals surface area contributed by atoms with Gasteiger partial charge in [-0.25, -0.2) is 0 Å². The molecule has 0 fully saturated rings. The van der Waals surface area contributed by atoms with Crippen molar-refractivity contribution in [3.8, 4) is 0 Å². The largest absolute Gasteiger partial charge is 0.398 e. The quantitative estimate of drug-likeness (QED) is 0.368. The Balaban J connectivity index is 3.64. The first kappa shape index (κ1) is 10.6. The van der Waals surface area contributed by atoms with Gasteiger partial charge in [0.1, 0.15) is 0 Å². The average molecular weight is 258 g/mol. The van der Waals surface area contributed by atoms with Crippen molar-refractivity contribution in [2.45, 2.75) is 6.92 Å². The van der Waals surface area contributed by atoms with Gasteiger partial charge in [0.05, 0.1) is 10.5 Å². The highest BCUT2D eigenvalue weighted by atomic mass is 79.9. The van der Waals surface area contributed by atoms with Crippen molar-refractivity contribution < 1.29 is 4.92 Å². The van der Waals surface area contributed by atoms with Gasteiger partial charge in [0.25, 0.3) is 5.69 Å². The van der Waals surface area contributed by atoms with E-state index < -0.39 is 4.92 Å². The molecule has 0 amide bonds. The normalized spacial score (nSPS) is 9.86. The van der Waals surface area contributed by atoms with E-state index in [4.69, 9.17) is 11.1 Å². The van der Waals surface area contributed by atoms with Crippen LogP contribution in [-0.4, -0.2) is 11.1 Å². The third-order valence-corrected chi connectivity index (χ3v) is 2.71. The molecule has 0 aliphatic rings. The molecule has 14 heavy (non-hydrogen) atoms. The van der Waals surface area contributed by atoms with Crippen molar-refractivity contribution in [1.82, 2.24) is 0 Å². The Kier molecular flexibility index (Phi) is 2.85. The predicted molar refractivity (Wildman–Crippen MR) is 57.8 cm³/mol. The monoisotopic (exact) mass is 257 g/mol. The van der Waals surface area contributed by atoms with Crippen LogP contribution in [-0.2, 0) is 0 Å².